The zero-order valence-electron chi connectivity index (χ0n) is 11.0. The van der Waals surface area contributed by atoms with E-state index in [0.29, 0.717) is 31.7 Å². The summed E-state index contributed by atoms with van der Waals surface area (Å²) < 4.78 is 0. The van der Waals surface area contributed by atoms with Crippen LogP contribution in [0.15, 0.2) is 24.5 Å². The summed E-state index contributed by atoms with van der Waals surface area (Å²) in [6.45, 7) is 0.780. The first-order chi connectivity index (χ1) is 10.1. The third kappa shape index (κ3) is 3.46. The molecule has 3 rings (SSSR count). The smallest absolute Gasteiger partial charge is 0.0785 e. The van der Waals surface area contributed by atoms with E-state index in [4.69, 9.17) is 46.4 Å². The summed E-state index contributed by atoms with van der Waals surface area (Å²) in [6, 6.07) is 4.26. The van der Waals surface area contributed by atoms with Crippen molar-refractivity contribution in [3.05, 3.63) is 50.2 Å². The maximum atomic E-state index is 6.28. The third-order valence-electron chi connectivity index (χ3n) is 3.37. The number of halogens is 4. The topological polar surface area (TPSA) is 24.9 Å². The summed E-state index contributed by atoms with van der Waals surface area (Å²) in [6.07, 6.45) is 6.05. The van der Waals surface area contributed by atoms with E-state index in [1.54, 1.807) is 12.3 Å². The molecule has 1 saturated carbocycles. The molecule has 1 aliphatic rings. The second-order valence-electron chi connectivity index (χ2n) is 5.08. The molecule has 0 radical (unpaired) electrons. The lowest BCUT2D eigenvalue weighted by Crippen LogP contribution is -2.15. The number of hydrogen-bond donors (Lipinski definition) is 1. The van der Waals surface area contributed by atoms with Crippen molar-refractivity contribution in [2.75, 3.05) is 0 Å². The highest BCUT2D eigenvalue weighted by Crippen LogP contribution is 2.42. The van der Waals surface area contributed by atoms with Gasteiger partial charge in [-0.15, -0.1) is 0 Å². The fourth-order valence-corrected chi connectivity index (χ4v) is 3.23. The summed E-state index contributed by atoms with van der Waals surface area (Å²) >= 11 is 24.6. The van der Waals surface area contributed by atoms with Crippen LogP contribution in [0, 0.1) is 0 Å². The largest absolute Gasteiger partial charge is 0.310 e. The lowest BCUT2D eigenvalue weighted by molar-refractivity contribution is 0.686. The van der Waals surface area contributed by atoms with E-state index in [2.05, 4.69) is 10.3 Å². The highest BCUT2D eigenvalue weighted by atomic mass is 35.5. The van der Waals surface area contributed by atoms with Gasteiger partial charge in [0.25, 0.3) is 0 Å². The van der Waals surface area contributed by atoms with Crippen LogP contribution in [0.5, 0.6) is 0 Å². The Morgan fingerprint density at radius 2 is 1.76 bits per heavy atom. The first-order valence-electron chi connectivity index (χ1n) is 6.57. The number of rotatable bonds is 4. The molecule has 0 saturated heterocycles. The Morgan fingerprint density at radius 3 is 2.48 bits per heavy atom. The van der Waals surface area contributed by atoms with E-state index >= 15 is 0 Å². The van der Waals surface area contributed by atoms with Gasteiger partial charge in [0.2, 0.25) is 0 Å². The summed E-state index contributed by atoms with van der Waals surface area (Å²) in [5.41, 5.74) is 2.57. The summed E-state index contributed by atoms with van der Waals surface area (Å²) in [5, 5.41) is 4.91. The van der Waals surface area contributed by atoms with Crippen LogP contribution in [0.2, 0.25) is 20.1 Å². The molecule has 0 atom stereocenters. The Labute approximate surface area is 143 Å². The van der Waals surface area contributed by atoms with E-state index in [0.717, 1.165) is 17.7 Å². The van der Waals surface area contributed by atoms with Crippen molar-refractivity contribution in [1.82, 2.24) is 10.3 Å². The van der Waals surface area contributed by atoms with Gasteiger partial charge in [0, 0.05) is 36.1 Å². The minimum atomic E-state index is 0.305. The molecule has 0 aliphatic heterocycles. The zero-order chi connectivity index (χ0) is 15.0. The Hall–Kier alpha value is -0.510. The van der Waals surface area contributed by atoms with Crippen LogP contribution in [0.3, 0.4) is 0 Å². The van der Waals surface area contributed by atoms with Crippen LogP contribution >= 0.6 is 46.4 Å². The van der Waals surface area contributed by atoms with Crippen molar-refractivity contribution >= 4 is 46.4 Å². The van der Waals surface area contributed by atoms with Gasteiger partial charge >= 0.3 is 0 Å². The Kier molecular flexibility index (Phi) is 4.63. The van der Waals surface area contributed by atoms with Crippen LogP contribution in [0.4, 0.5) is 0 Å². The molecule has 1 fully saturated rings. The molecule has 1 aromatic heterocycles. The van der Waals surface area contributed by atoms with Crippen LogP contribution < -0.4 is 5.32 Å². The highest BCUT2D eigenvalue weighted by Gasteiger charge is 2.20. The maximum absolute atomic E-state index is 6.28. The van der Waals surface area contributed by atoms with Gasteiger partial charge in [-0.05, 0) is 30.5 Å². The van der Waals surface area contributed by atoms with Crippen molar-refractivity contribution < 1.29 is 0 Å². The zero-order valence-corrected chi connectivity index (χ0v) is 14.0. The van der Waals surface area contributed by atoms with Crippen molar-refractivity contribution in [1.29, 1.82) is 0 Å². The average Bonchev–Trinajstić information content (AvgIpc) is 3.27. The van der Waals surface area contributed by atoms with Crippen LogP contribution in [-0.2, 0) is 6.54 Å². The number of nitrogens with zero attached hydrogens (tertiary/aromatic N) is 1. The molecule has 110 valence electrons. The van der Waals surface area contributed by atoms with Gasteiger partial charge in [0.15, 0.2) is 0 Å². The summed E-state index contributed by atoms with van der Waals surface area (Å²) in [4.78, 5) is 4.26. The molecule has 0 bridgehead atoms. The van der Waals surface area contributed by atoms with Crippen LogP contribution in [0.1, 0.15) is 18.4 Å². The van der Waals surface area contributed by atoms with Gasteiger partial charge in [-0.1, -0.05) is 46.4 Å². The lowest BCUT2D eigenvalue weighted by Gasteiger charge is -2.11. The van der Waals surface area contributed by atoms with Gasteiger partial charge in [-0.25, -0.2) is 0 Å². The monoisotopic (exact) mass is 360 g/mol. The Morgan fingerprint density at radius 1 is 1.00 bits per heavy atom. The van der Waals surface area contributed by atoms with Crippen LogP contribution in [0.25, 0.3) is 11.1 Å². The molecule has 1 aliphatic carbocycles. The number of hydrogen-bond acceptors (Lipinski definition) is 2. The SMILES string of the molecule is Clc1cc(Cl)c(-c2cncc(CNC3CC3)c2)c(Cl)c1Cl. The van der Waals surface area contributed by atoms with Gasteiger partial charge < -0.3 is 5.32 Å². The number of benzene rings is 1. The van der Waals surface area contributed by atoms with E-state index in [1.807, 2.05) is 12.3 Å². The summed E-state index contributed by atoms with van der Waals surface area (Å²) in [7, 11) is 0. The second kappa shape index (κ2) is 6.31. The van der Waals surface area contributed by atoms with Crippen molar-refractivity contribution in [2.45, 2.75) is 25.4 Å². The molecule has 21 heavy (non-hydrogen) atoms. The molecule has 6 heteroatoms. The van der Waals surface area contributed by atoms with Gasteiger partial charge in [-0.2, -0.15) is 0 Å². The molecular formula is C15H12Cl4N2. The normalized spacial score (nSPS) is 14.5. The number of pyridine rings is 1. The minimum absolute atomic E-state index is 0.305. The van der Waals surface area contributed by atoms with Crippen molar-refractivity contribution in [3.8, 4) is 11.1 Å². The van der Waals surface area contributed by atoms with E-state index < -0.39 is 0 Å². The fourth-order valence-electron chi connectivity index (χ4n) is 2.10. The standard InChI is InChI=1S/C15H12Cl4N2/c16-11-4-12(17)14(18)15(19)13(11)9-3-8(5-20-7-9)6-21-10-1-2-10/h3-5,7,10,21H,1-2,6H2. The highest BCUT2D eigenvalue weighted by molar-refractivity contribution is 6.51. The molecule has 0 spiro atoms. The second-order valence-corrected chi connectivity index (χ2v) is 6.65. The Balaban J connectivity index is 1.96. The predicted molar refractivity (Wildman–Crippen MR) is 89.6 cm³/mol. The van der Waals surface area contributed by atoms with E-state index in [1.165, 1.54) is 12.8 Å². The minimum Gasteiger partial charge on any atom is -0.310 e. The van der Waals surface area contributed by atoms with Crippen molar-refractivity contribution in [2.24, 2.45) is 0 Å². The molecular weight excluding hydrogens is 350 g/mol. The fraction of sp³-hybridized carbons (Fsp3) is 0.267. The first-order valence-corrected chi connectivity index (χ1v) is 8.08. The van der Waals surface area contributed by atoms with E-state index in [9.17, 15) is 0 Å². The van der Waals surface area contributed by atoms with Crippen molar-refractivity contribution in [3.63, 3.8) is 0 Å². The predicted octanol–water partition coefficient (Wildman–Crippen LogP) is 5.61. The van der Waals surface area contributed by atoms with E-state index in [-0.39, 0.29) is 0 Å². The quantitative estimate of drug-likeness (QED) is 0.565. The van der Waals surface area contributed by atoms with Crippen LogP contribution in [-0.4, -0.2) is 11.0 Å². The Bertz CT molecular complexity index is 684. The molecule has 1 N–H and O–H groups in total. The lowest BCUT2D eigenvalue weighted by atomic mass is 10.1. The molecule has 2 nitrogen and oxygen atoms in total. The molecule has 0 amide bonds. The molecule has 0 unspecified atom stereocenters. The van der Waals surface area contributed by atoms with Gasteiger partial charge in [-0.3, -0.25) is 4.98 Å². The third-order valence-corrected chi connectivity index (χ3v) is 4.93. The number of nitrogens with one attached hydrogen (secondary N) is 1. The molecule has 1 heterocycles. The number of aromatic nitrogens is 1. The summed E-state index contributed by atoms with van der Waals surface area (Å²) in [5.74, 6) is 0. The molecule has 1 aromatic carbocycles. The van der Waals surface area contributed by atoms with Gasteiger partial charge in [0.1, 0.15) is 0 Å². The molecule has 2 aromatic rings. The average molecular weight is 362 g/mol. The maximum Gasteiger partial charge on any atom is 0.0785 e. The first kappa shape index (κ1) is 15.4. The van der Waals surface area contributed by atoms with Gasteiger partial charge in [0.05, 0.1) is 20.1 Å².